The number of hydrogen-bond acceptors (Lipinski definition) is 3. The van der Waals surface area contributed by atoms with E-state index in [1.54, 1.807) is 24.3 Å². The fourth-order valence-corrected chi connectivity index (χ4v) is 2.31. The van der Waals surface area contributed by atoms with Gasteiger partial charge < -0.3 is 14.9 Å². The average Bonchev–Trinajstić information content (AvgIpc) is 2.53. The second-order valence-electron chi connectivity index (χ2n) is 5.24. The molecule has 5 heteroatoms. The molecule has 0 radical (unpaired) electrons. The van der Waals surface area contributed by atoms with Gasteiger partial charge >= 0.3 is 11.9 Å². The Hall–Kier alpha value is -2.82. The number of carbonyl (C=O) groups is 2. The van der Waals surface area contributed by atoms with Gasteiger partial charge in [-0.05, 0) is 23.3 Å². The van der Waals surface area contributed by atoms with Crippen LogP contribution in [0.3, 0.4) is 0 Å². The van der Waals surface area contributed by atoms with E-state index in [1.807, 2.05) is 30.3 Å². The Morgan fingerprint density at radius 3 is 1.96 bits per heavy atom. The van der Waals surface area contributed by atoms with Gasteiger partial charge in [0.25, 0.3) is 0 Å². The summed E-state index contributed by atoms with van der Waals surface area (Å²) >= 11 is 0. The van der Waals surface area contributed by atoms with Crippen LogP contribution in [0.5, 0.6) is 5.75 Å². The first kappa shape index (κ1) is 16.5. The van der Waals surface area contributed by atoms with E-state index >= 15 is 0 Å². The predicted molar refractivity (Wildman–Crippen MR) is 84.5 cm³/mol. The topological polar surface area (TPSA) is 83.8 Å². The highest BCUT2D eigenvalue weighted by atomic mass is 16.5. The minimum Gasteiger partial charge on any atom is -0.489 e. The van der Waals surface area contributed by atoms with Crippen molar-refractivity contribution in [2.45, 2.75) is 25.4 Å². The molecule has 0 saturated carbocycles. The highest BCUT2D eigenvalue weighted by Gasteiger charge is 2.19. The van der Waals surface area contributed by atoms with Crippen LogP contribution in [0.15, 0.2) is 54.6 Å². The molecule has 0 aliphatic rings. The quantitative estimate of drug-likeness (QED) is 0.781. The molecule has 0 bridgehead atoms. The summed E-state index contributed by atoms with van der Waals surface area (Å²) in [5, 5.41) is 17.8. The third kappa shape index (κ3) is 5.47. The molecule has 23 heavy (non-hydrogen) atoms. The van der Waals surface area contributed by atoms with Gasteiger partial charge in [-0.2, -0.15) is 0 Å². The van der Waals surface area contributed by atoms with Crippen LogP contribution in [0.1, 0.15) is 29.9 Å². The zero-order chi connectivity index (χ0) is 16.7. The number of carboxylic acid groups (broad SMARTS) is 2. The van der Waals surface area contributed by atoms with Crippen LogP contribution in [0.25, 0.3) is 0 Å². The van der Waals surface area contributed by atoms with E-state index in [9.17, 15) is 9.59 Å². The van der Waals surface area contributed by atoms with Crippen LogP contribution in [-0.4, -0.2) is 22.2 Å². The van der Waals surface area contributed by atoms with Crippen LogP contribution in [0, 0.1) is 0 Å². The number of hydrogen-bond donors (Lipinski definition) is 2. The number of ether oxygens (including phenoxy) is 1. The minimum atomic E-state index is -1.01. The number of carboxylic acids is 2. The van der Waals surface area contributed by atoms with Crippen molar-refractivity contribution in [1.82, 2.24) is 0 Å². The lowest BCUT2D eigenvalue weighted by molar-refractivity contribution is -0.139. The maximum absolute atomic E-state index is 10.9. The van der Waals surface area contributed by atoms with Crippen molar-refractivity contribution in [2.75, 3.05) is 0 Å². The fourth-order valence-electron chi connectivity index (χ4n) is 2.31. The molecule has 0 amide bonds. The van der Waals surface area contributed by atoms with E-state index < -0.39 is 17.9 Å². The molecular weight excluding hydrogens is 296 g/mol. The van der Waals surface area contributed by atoms with Gasteiger partial charge in [-0.15, -0.1) is 0 Å². The third-order valence-corrected chi connectivity index (χ3v) is 3.44. The zero-order valence-corrected chi connectivity index (χ0v) is 12.5. The Morgan fingerprint density at radius 1 is 0.870 bits per heavy atom. The van der Waals surface area contributed by atoms with E-state index in [0.29, 0.717) is 17.9 Å². The SMILES string of the molecule is O=C(O)CC(CC(=O)O)c1ccc(OCc2ccccc2)cc1. The molecule has 0 atom stereocenters. The summed E-state index contributed by atoms with van der Waals surface area (Å²) in [6, 6.07) is 16.6. The molecule has 2 rings (SSSR count). The van der Waals surface area contributed by atoms with Crippen molar-refractivity contribution in [3.8, 4) is 5.75 Å². The molecule has 2 N–H and O–H groups in total. The minimum absolute atomic E-state index is 0.212. The summed E-state index contributed by atoms with van der Waals surface area (Å²) in [5.74, 6) is -1.92. The van der Waals surface area contributed by atoms with Crippen molar-refractivity contribution in [3.05, 3.63) is 65.7 Å². The van der Waals surface area contributed by atoms with Crippen LogP contribution in [0.4, 0.5) is 0 Å². The molecule has 2 aromatic rings. The zero-order valence-electron chi connectivity index (χ0n) is 12.5. The maximum atomic E-state index is 10.9. The summed E-state index contributed by atoms with van der Waals surface area (Å²) in [5.41, 5.74) is 1.73. The fraction of sp³-hybridized carbons (Fsp3) is 0.222. The molecule has 0 saturated heterocycles. The molecule has 0 aliphatic carbocycles. The molecule has 0 aliphatic heterocycles. The Kier molecular flexibility index (Phi) is 5.74. The van der Waals surface area contributed by atoms with Crippen LogP contribution < -0.4 is 4.74 Å². The van der Waals surface area contributed by atoms with Crippen molar-refractivity contribution in [1.29, 1.82) is 0 Å². The highest BCUT2D eigenvalue weighted by molar-refractivity contribution is 5.72. The predicted octanol–water partition coefficient (Wildman–Crippen LogP) is 3.30. The van der Waals surface area contributed by atoms with Crippen LogP contribution in [0.2, 0.25) is 0 Å². The Bertz CT molecular complexity index is 633. The molecule has 0 fully saturated rings. The van der Waals surface area contributed by atoms with Gasteiger partial charge in [0, 0.05) is 5.92 Å². The van der Waals surface area contributed by atoms with Gasteiger partial charge in [-0.1, -0.05) is 42.5 Å². The summed E-state index contributed by atoms with van der Waals surface area (Å²) in [6.45, 7) is 0.438. The van der Waals surface area contributed by atoms with Crippen molar-refractivity contribution < 1.29 is 24.5 Å². The summed E-state index contributed by atoms with van der Waals surface area (Å²) in [4.78, 5) is 21.7. The first-order chi connectivity index (χ1) is 11.0. The normalized spacial score (nSPS) is 10.5. The first-order valence-corrected chi connectivity index (χ1v) is 7.25. The second kappa shape index (κ2) is 7.98. The summed E-state index contributed by atoms with van der Waals surface area (Å²) in [7, 11) is 0. The molecular formula is C18H18O5. The van der Waals surface area contributed by atoms with E-state index in [1.165, 1.54) is 0 Å². The molecule has 5 nitrogen and oxygen atoms in total. The molecule has 0 spiro atoms. The number of benzene rings is 2. The van der Waals surface area contributed by atoms with Crippen LogP contribution in [-0.2, 0) is 16.2 Å². The number of aliphatic carboxylic acids is 2. The summed E-state index contributed by atoms with van der Waals surface area (Å²) < 4.78 is 5.66. The molecule has 0 heterocycles. The maximum Gasteiger partial charge on any atom is 0.303 e. The van der Waals surface area contributed by atoms with Gasteiger partial charge in [-0.3, -0.25) is 9.59 Å². The van der Waals surface area contributed by atoms with E-state index in [4.69, 9.17) is 14.9 Å². The smallest absolute Gasteiger partial charge is 0.303 e. The molecule has 120 valence electrons. The first-order valence-electron chi connectivity index (χ1n) is 7.25. The molecule has 2 aromatic carbocycles. The standard InChI is InChI=1S/C18H18O5/c19-17(20)10-15(11-18(21)22)14-6-8-16(9-7-14)23-12-13-4-2-1-3-5-13/h1-9,15H,10-12H2,(H,19,20)(H,21,22). The lowest BCUT2D eigenvalue weighted by atomic mass is 9.92. The monoisotopic (exact) mass is 314 g/mol. The Balaban J connectivity index is 2.01. The van der Waals surface area contributed by atoms with Gasteiger partial charge in [-0.25, -0.2) is 0 Å². The third-order valence-electron chi connectivity index (χ3n) is 3.44. The average molecular weight is 314 g/mol. The lowest BCUT2D eigenvalue weighted by Gasteiger charge is -2.14. The van der Waals surface area contributed by atoms with Crippen LogP contribution >= 0.6 is 0 Å². The molecule has 0 unspecified atom stereocenters. The number of rotatable bonds is 8. The van der Waals surface area contributed by atoms with Gasteiger partial charge in [0.05, 0.1) is 12.8 Å². The van der Waals surface area contributed by atoms with Crippen molar-refractivity contribution in [3.63, 3.8) is 0 Å². The van der Waals surface area contributed by atoms with E-state index in [2.05, 4.69) is 0 Å². The highest BCUT2D eigenvalue weighted by Crippen LogP contribution is 2.26. The Labute approximate surface area is 134 Å². The largest absolute Gasteiger partial charge is 0.489 e. The second-order valence-corrected chi connectivity index (χ2v) is 5.24. The molecule has 0 aromatic heterocycles. The Morgan fingerprint density at radius 2 is 1.43 bits per heavy atom. The van der Waals surface area contributed by atoms with Gasteiger partial charge in [0.2, 0.25) is 0 Å². The van der Waals surface area contributed by atoms with E-state index in [0.717, 1.165) is 5.56 Å². The lowest BCUT2D eigenvalue weighted by Crippen LogP contribution is -2.11. The van der Waals surface area contributed by atoms with E-state index in [-0.39, 0.29) is 12.8 Å². The van der Waals surface area contributed by atoms with Crippen molar-refractivity contribution in [2.24, 2.45) is 0 Å². The van der Waals surface area contributed by atoms with Crippen molar-refractivity contribution >= 4 is 11.9 Å². The van der Waals surface area contributed by atoms with Gasteiger partial charge in [0.15, 0.2) is 0 Å². The van der Waals surface area contributed by atoms with Gasteiger partial charge in [0.1, 0.15) is 12.4 Å². The summed E-state index contributed by atoms with van der Waals surface area (Å²) in [6.07, 6.45) is -0.424.